The summed E-state index contributed by atoms with van der Waals surface area (Å²) in [5, 5.41) is 0. The van der Waals surface area contributed by atoms with E-state index in [4.69, 9.17) is 9.47 Å². The van der Waals surface area contributed by atoms with Crippen LogP contribution < -0.4 is 4.74 Å². The quantitative estimate of drug-likeness (QED) is 0.640. The fourth-order valence-electron chi connectivity index (χ4n) is 4.77. The molecule has 166 valence electrons. The number of benzene rings is 2. The molecule has 2 heterocycles. The number of amides is 1. The average Bonchev–Trinajstić information content (AvgIpc) is 2.99. The van der Waals surface area contributed by atoms with E-state index in [1.165, 1.54) is 25.0 Å². The number of carbonyl (C=O) groups is 1. The summed E-state index contributed by atoms with van der Waals surface area (Å²) >= 11 is 0. The van der Waals surface area contributed by atoms with Gasteiger partial charge in [0, 0.05) is 25.2 Å². The smallest absolute Gasteiger partial charge is 0.249 e. The van der Waals surface area contributed by atoms with Crippen molar-refractivity contribution in [2.24, 2.45) is 0 Å². The first-order chi connectivity index (χ1) is 15.0. The number of piperidine rings is 1. The Labute approximate surface area is 183 Å². The highest BCUT2D eigenvalue weighted by Gasteiger charge is 2.39. The number of methoxy groups -OCH3 is 1. The Morgan fingerprint density at radius 3 is 2.10 bits per heavy atom. The van der Waals surface area contributed by atoms with Gasteiger partial charge in [-0.1, -0.05) is 24.3 Å². The number of hydrogen-bond donors (Lipinski definition) is 0. The van der Waals surface area contributed by atoms with Crippen LogP contribution in [0, 0.1) is 5.82 Å². The first-order valence-electron chi connectivity index (χ1n) is 11.0. The third-order valence-corrected chi connectivity index (χ3v) is 6.67. The average molecular weight is 427 g/mol. The molecule has 1 amide bonds. The minimum Gasteiger partial charge on any atom is -0.497 e. The van der Waals surface area contributed by atoms with Gasteiger partial charge in [0.25, 0.3) is 0 Å². The van der Waals surface area contributed by atoms with Gasteiger partial charge in [0.05, 0.1) is 13.2 Å². The van der Waals surface area contributed by atoms with Gasteiger partial charge >= 0.3 is 0 Å². The molecule has 2 aromatic rings. The van der Waals surface area contributed by atoms with Crippen LogP contribution >= 0.6 is 0 Å². The Hall–Kier alpha value is -2.44. The van der Waals surface area contributed by atoms with Crippen molar-refractivity contribution in [1.82, 2.24) is 9.80 Å². The molecular formula is C25H31FN2O3. The number of carbonyl (C=O) groups excluding carboxylic acids is 1. The summed E-state index contributed by atoms with van der Waals surface area (Å²) < 4.78 is 24.6. The zero-order valence-electron chi connectivity index (χ0n) is 18.3. The van der Waals surface area contributed by atoms with Crippen LogP contribution in [-0.4, -0.2) is 54.7 Å². The number of halogens is 1. The molecule has 2 aromatic carbocycles. The van der Waals surface area contributed by atoms with E-state index >= 15 is 0 Å². The van der Waals surface area contributed by atoms with Crippen LogP contribution in [0.2, 0.25) is 0 Å². The maximum Gasteiger partial charge on any atom is 0.249 e. The van der Waals surface area contributed by atoms with E-state index < -0.39 is 0 Å². The molecule has 2 aliphatic rings. The molecule has 5 nitrogen and oxygen atoms in total. The lowest BCUT2D eigenvalue weighted by Crippen LogP contribution is -2.44. The van der Waals surface area contributed by atoms with E-state index in [9.17, 15) is 9.18 Å². The summed E-state index contributed by atoms with van der Waals surface area (Å²) in [4.78, 5) is 17.4. The Bertz CT molecular complexity index is 857. The molecule has 2 unspecified atom stereocenters. The second-order valence-corrected chi connectivity index (χ2v) is 8.68. The topological polar surface area (TPSA) is 42.0 Å². The van der Waals surface area contributed by atoms with E-state index in [0.717, 1.165) is 29.7 Å². The normalized spacial score (nSPS) is 23.0. The molecule has 2 bridgehead atoms. The number of ether oxygens (including phenoxy) is 2. The van der Waals surface area contributed by atoms with E-state index in [1.54, 1.807) is 24.1 Å². The van der Waals surface area contributed by atoms with Gasteiger partial charge in [0.2, 0.25) is 5.91 Å². The van der Waals surface area contributed by atoms with E-state index in [1.807, 2.05) is 24.3 Å². The maximum absolute atomic E-state index is 13.3. The van der Waals surface area contributed by atoms with Crippen molar-refractivity contribution >= 4 is 5.91 Å². The molecule has 0 aromatic heterocycles. The first-order valence-corrected chi connectivity index (χ1v) is 11.0. The van der Waals surface area contributed by atoms with Crippen LogP contribution in [-0.2, 0) is 22.6 Å². The standard InChI is InChI=1S/C25H31FN2O3/c1-27-21-9-10-22(27)14-24(13-21)31-17-25(29)28(15-18-3-7-20(26)8-4-18)16-19-5-11-23(30-2)12-6-19/h3-8,11-12,21-22,24H,9-10,13-17H2,1-2H3. The van der Waals surface area contributed by atoms with Crippen molar-refractivity contribution in [2.75, 3.05) is 20.8 Å². The van der Waals surface area contributed by atoms with Gasteiger partial charge in [0.15, 0.2) is 0 Å². The number of fused-ring (bicyclic) bond motifs is 2. The third kappa shape index (κ3) is 5.43. The Kier molecular flexibility index (Phi) is 6.88. The van der Waals surface area contributed by atoms with Crippen molar-refractivity contribution in [3.05, 3.63) is 65.5 Å². The van der Waals surface area contributed by atoms with Crippen molar-refractivity contribution in [1.29, 1.82) is 0 Å². The lowest BCUT2D eigenvalue weighted by Gasteiger charge is -2.36. The summed E-state index contributed by atoms with van der Waals surface area (Å²) in [6, 6.07) is 15.1. The molecule has 0 spiro atoms. The fraction of sp³-hybridized carbons (Fsp3) is 0.480. The van der Waals surface area contributed by atoms with Gasteiger partial charge in [-0.3, -0.25) is 4.79 Å². The van der Waals surface area contributed by atoms with Gasteiger partial charge in [0.1, 0.15) is 18.2 Å². The molecule has 0 aliphatic carbocycles. The maximum atomic E-state index is 13.3. The van der Waals surface area contributed by atoms with Crippen LogP contribution in [0.1, 0.15) is 36.8 Å². The lowest BCUT2D eigenvalue weighted by atomic mass is 10.0. The summed E-state index contributed by atoms with van der Waals surface area (Å²) in [7, 11) is 3.83. The number of hydrogen-bond acceptors (Lipinski definition) is 4. The zero-order valence-corrected chi connectivity index (χ0v) is 18.3. The van der Waals surface area contributed by atoms with Gasteiger partial charge < -0.3 is 19.3 Å². The predicted molar refractivity (Wildman–Crippen MR) is 117 cm³/mol. The van der Waals surface area contributed by atoms with E-state index in [2.05, 4.69) is 11.9 Å². The Morgan fingerprint density at radius 2 is 1.55 bits per heavy atom. The molecule has 0 N–H and O–H groups in total. The molecule has 31 heavy (non-hydrogen) atoms. The number of nitrogens with zero attached hydrogens (tertiary/aromatic N) is 2. The molecule has 2 fully saturated rings. The molecule has 2 aliphatic heterocycles. The summed E-state index contributed by atoms with van der Waals surface area (Å²) in [6.07, 6.45) is 4.59. The van der Waals surface area contributed by atoms with Crippen molar-refractivity contribution in [2.45, 2.75) is 57.0 Å². The monoisotopic (exact) mass is 426 g/mol. The summed E-state index contributed by atoms with van der Waals surface area (Å²) in [5.41, 5.74) is 1.90. The van der Waals surface area contributed by atoms with Gasteiger partial charge in [-0.2, -0.15) is 0 Å². The Morgan fingerprint density at radius 1 is 1.00 bits per heavy atom. The van der Waals surface area contributed by atoms with Crippen LogP contribution in [0.25, 0.3) is 0 Å². The van der Waals surface area contributed by atoms with Crippen molar-refractivity contribution in [3.8, 4) is 5.75 Å². The van der Waals surface area contributed by atoms with Crippen LogP contribution in [0.15, 0.2) is 48.5 Å². The molecule has 4 rings (SSSR count). The second kappa shape index (κ2) is 9.79. The minimum absolute atomic E-state index is 0.0496. The van der Waals surface area contributed by atoms with Crippen molar-refractivity contribution in [3.63, 3.8) is 0 Å². The van der Waals surface area contributed by atoms with Gasteiger partial charge in [-0.15, -0.1) is 0 Å². The molecule has 2 atom stereocenters. The van der Waals surface area contributed by atoms with E-state index in [-0.39, 0.29) is 24.4 Å². The highest BCUT2D eigenvalue weighted by atomic mass is 19.1. The molecule has 0 saturated carbocycles. The first kappa shape index (κ1) is 21.8. The molecular weight excluding hydrogens is 395 g/mol. The number of rotatable bonds is 8. The van der Waals surface area contributed by atoms with Gasteiger partial charge in [-0.05, 0) is 68.1 Å². The minimum atomic E-state index is -0.281. The highest BCUT2D eigenvalue weighted by Crippen LogP contribution is 2.35. The Balaban J connectivity index is 1.40. The fourth-order valence-corrected chi connectivity index (χ4v) is 4.77. The predicted octanol–water partition coefficient (Wildman–Crippen LogP) is 4.00. The summed E-state index contributed by atoms with van der Waals surface area (Å²) in [5.74, 6) is 0.448. The third-order valence-electron chi connectivity index (χ3n) is 6.67. The van der Waals surface area contributed by atoms with Gasteiger partial charge in [-0.25, -0.2) is 4.39 Å². The molecule has 2 saturated heterocycles. The van der Waals surface area contributed by atoms with Crippen LogP contribution in [0.5, 0.6) is 5.75 Å². The largest absolute Gasteiger partial charge is 0.497 e. The van der Waals surface area contributed by atoms with Crippen molar-refractivity contribution < 1.29 is 18.7 Å². The molecule has 6 heteroatoms. The SMILES string of the molecule is COc1ccc(CN(Cc2ccc(F)cc2)C(=O)COC2CC3CCC(C2)N3C)cc1. The molecule has 0 radical (unpaired) electrons. The lowest BCUT2D eigenvalue weighted by molar-refractivity contribution is -0.141. The van der Waals surface area contributed by atoms with E-state index in [0.29, 0.717) is 25.2 Å². The van der Waals surface area contributed by atoms with Crippen LogP contribution in [0.4, 0.5) is 4.39 Å². The zero-order chi connectivity index (χ0) is 21.8. The summed E-state index contributed by atoms with van der Waals surface area (Å²) in [6.45, 7) is 0.945. The van der Waals surface area contributed by atoms with Crippen LogP contribution in [0.3, 0.4) is 0 Å². The second-order valence-electron chi connectivity index (χ2n) is 8.68. The highest BCUT2D eigenvalue weighted by molar-refractivity contribution is 5.77.